The van der Waals surface area contributed by atoms with Crippen LogP contribution in [0.4, 0.5) is 10.1 Å². The lowest BCUT2D eigenvalue weighted by Gasteiger charge is -2.27. The summed E-state index contributed by atoms with van der Waals surface area (Å²) >= 11 is 7.03. The monoisotopic (exact) mass is 458 g/mol. The molecule has 1 aliphatic heterocycles. The van der Waals surface area contributed by atoms with Gasteiger partial charge in [-0.05, 0) is 42.0 Å². The number of aromatic nitrogens is 2. The Labute approximate surface area is 187 Å². The molecular formula is C22H20ClFN4O2S. The van der Waals surface area contributed by atoms with Crippen molar-refractivity contribution in [2.75, 3.05) is 17.6 Å². The highest BCUT2D eigenvalue weighted by Crippen LogP contribution is 2.20. The molecule has 31 heavy (non-hydrogen) atoms. The lowest BCUT2D eigenvalue weighted by molar-refractivity contribution is -0.113. The predicted octanol–water partition coefficient (Wildman–Crippen LogP) is 3.85. The average molecular weight is 459 g/mol. The second-order valence-corrected chi connectivity index (χ2v) is 8.63. The Hall–Kier alpha value is -2.68. The highest BCUT2D eigenvalue weighted by molar-refractivity contribution is 7.99. The molecule has 0 saturated carbocycles. The molecule has 2 heterocycles. The minimum Gasteiger partial charge on any atom is -0.325 e. The molecule has 4 rings (SSSR count). The molecule has 0 fully saturated rings. The lowest BCUT2D eigenvalue weighted by Crippen LogP contribution is -2.35. The Balaban J connectivity index is 1.36. The van der Waals surface area contributed by atoms with Gasteiger partial charge in [-0.3, -0.25) is 14.5 Å². The first-order chi connectivity index (χ1) is 15.0. The summed E-state index contributed by atoms with van der Waals surface area (Å²) in [5.74, 6) is -0.334. The Morgan fingerprint density at radius 3 is 2.68 bits per heavy atom. The van der Waals surface area contributed by atoms with E-state index in [1.54, 1.807) is 36.4 Å². The molecule has 6 nitrogen and oxygen atoms in total. The van der Waals surface area contributed by atoms with Gasteiger partial charge in [0.1, 0.15) is 5.82 Å². The Kier molecular flexibility index (Phi) is 6.70. The van der Waals surface area contributed by atoms with Crippen molar-refractivity contribution < 1.29 is 9.18 Å². The van der Waals surface area contributed by atoms with Crippen molar-refractivity contribution in [1.29, 1.82) is 0 Å². The number of fused-ring (bicyclic) bond motifs is 1. The molecule has 2 N–H and O–H groups in total. The van der Waals surface area contributed by atoms with E-state index in [1.807, 2.05) is 0 Å². The molecular weight excluding hydrogens is 439 g/mol. The standard InChI is InChI=1S/C22H20ClFN4O2S/c23-15-3-7-17(8-4-15)25-20(29)13-31-22-26-19-9-10-28(12-18(19)21(30)27-22)11-14-1-5-16(24)6-2-14/h1-8H,9-13H2,(H,25,29)(H,26,27,30). The predicted molar refractivity (Wildman–Crippen MR) is 120 cm³/mol. The summed E-state index contributed by atoms with van der Waals surface area (Å²) < 4.78 is 13.1. The van der Waals surface area contributed by atoms with E-state index in [9.17, 15) is 14.0 Å². The highest BCUT2D eigenvalue weighted by atomic mass is 35.5. The summed E-state index contributed by atoms with van der Waals surface area (Å²) in [4.78, 5) is 34.2. The molecule has 0 radical (unpaired) electrons. The van der Waals surface area contributed by atoms with Gasteiger partial charge >= 0.3 is 0 Å². The van der Waals surface area contributed by atoms with Gasteiger partial charge in [-0.25, -0.2) is 9.37 Å². The first kappa shape index (κ1) is 21.5. The number of rotatable bonds is 6. The van der Waals surface area contributed by atoms with Crippen molar-refractivity contribution in [3.8, 4) is 0 Å². The van der Waals surface area contributed by atoms with Gasteiger partial charge < -0.3 is 10.3 Å². The number of nitrogens with zero attached hydrogens (tertiary/aromatic N) is 2. The summed E-state index contributed by atoms with van der Waals surface area (Å²) in [7, 11) is 0. The fraction of sp³-hybridized carbons (Fsp3) is 0.227. The van der Waals surface area contributed by atoms with E-state index in [0.29, 0.717) is 40.9 Å². The maximum absolute atomic E-state index is 13.1. The number of anilines is 1. The maximum Gasteiger partial charge on any atom is 0.256 e. The van der Waals surface area contributed by atoms with Crippen LogP contribution in [0.1, 0.15) is 16.8 Å². The van der Waals surface area contributed by atoms with Gasteiger partial charge in [-0.15, -0.1) is 0 Å². The summed E-state index contributed by atoms with van der Waals surface area (Å²) in [6, 6.07) is 13.2. The van der Waals surface area contributed by atoms with Crippen molar-refractivity contribution in [3.05, 3.63) is 86.5 Å². The zero-order chi connectivity index (χ0) is 21.8. The topological polar surface area (TPSA) is 78.1 Å². The number of hydrogen-bond acceptors (Lipinski definition) is 5. The number of halogens is 2. The van der Waals surface area contributed by atoms with Crippen LogP contribution in [-0.4, -0.2) is 33.1 Å². The summed E-state index contributed by atoms with van der Waals surface area (Å²) in [6.07, 6.45) is 0.644. The summed E-state index contributed by atoms with van der Waals surface area (Å²) in [6.45, 7) is 1.87. The number of hydrogen-bond donors (Lipinski definition) is 2. The third kappa shape index (κ3) is 5.72. The molecule has 0 aliphatic carbocycles. The van der Waals surface area contributed by atoms with Crippen molar-refractivity contribution in [3.63, 3.8) is 0 Å². The third-order valence-corrected chi connectivity index (χ3v) is 6.04. The van der Waals surface area contributed by atoms with Gasteiger partial charge in [-0.2, -0.15) is 0 Å². The number of aromatic amines is 1. The third-order valence-electron chi connectivity index (χ3n) is 4.91. The molecule has 0 saturated heterocycles. The summed E-state index contributed by atoms with van der Waals surface area (Å²) in [5.41, 5.74) is 2.87. The molecule has 0 spiro atoms. The van der Waals surface area contributed by atoms with Crippen LogP contribution in [-0.2, 0) is 24.3 Å². The number of amides is 1. The van der Waals surface area contributed by atoms with Crippen LogP contribution in [0, 0.1) is 5.82 Å². The fourth-order valence-electron chi connectivity index (χ4n) is 3.37. The molecule has 9 heteroatoms. The number of benzene rings is 2. The van der Waals surface area contributed by atoms with Crippen LogP contribution in [0.15, 0.2) is 58.5 Å². The zero-order valence-electron chi connectivity index (χ0n) is 16.5. The van der Waals surface area contributed by atoms with E-state index in [2.05, 4.69) is 20.2 Å². The van der Waals surface area contributed by atoms with E-state index in [1.165, 1.54) is 23.9 Å². The normalized spacial score (nSPS) is 13.6. The molecule has 0 atom stereocenters. The van der Waals surface area contributed by atoms with Crippen molar-refractivity contribution in [2.45, 2.75) is 24.7 Å². The Morgan fingerprint density at radius 2 is 1.94 bits per heavy atom. The number of thioether (sulfide) groups is 1. The fourth-order valence-corrected chi connectivity index (χ4v) is 4.18. The van der Waals surface area contributed by atoms with Crippen LogP contribution in [0.5, 0.6) is 0 Å². The summed E-state index contributed by atoms with van der Waals surface area (Å²) in [5, 5.41) is 3.81. The van der Waals surface area contributed by atoms with Gasteiger partial charge in [0.05, 0.1) is 17.0 Å². The smallest absolute Gasteiger partial charge is 0.256 e. The minimum absolute atomic E-state index is 0.126. The van der Waals surface area contributed by atoms with Gasteiger partial charge in [0.15, 0.2) is 5.16 Å². The molecule has 2 aromatic carbocycles. The van der Waals surface area contributed by atoms with E-state index in [4.69, 9.17) is 11.6 Å². The number of H-pyrrole nitrogens is 1. The van der Waals surface area contributed by atoms with Crippen molar-refractivity contribution in [2.24, 2.45) is 0 Å². The van der Waals surface area contributed by atoms with Gasteiger partial charge in [0.25, 0.3) is 5.56 Å². The molecule has 3 aromatic rings. The first-order valence-corrected chi connectivity index (χ1v) is 11.1. The minimum atomic E-state index is -0.264. The van der Waals surface area contributed by atoms with Gasteiger partial charge in [0, 0.05) is 36.8 Å². The number of nitrogens with one attached hydrogen (secondary N) is 2. The number of carbonyl (C=O) groups is 1. The van der Waals surface area contributed by atoms with Gasteiger partial charge in [0.2, 0.25) is 5.91 Å². The Bertz CT molecular complexity index is 1140. The lowest BCUT2D eigenvalue weighted by atomic mass is 10.1. The maximum atomic E-state index is 13.1. The van der Waals surface area contributed by atoms with Crippen LogP contribution >= 0.6 is 23.4 Å². The largest absolute Gasteiger partial charge is 0.325 e. The van der Waals surface area contributed by atoms with E-state index in [-0.39, 0.29) is 23.0 Å². The zero-order valence-corrected chi connectivity index (χ0v) is 18.1. The molecule has 1 amide bonds. The van der Waals surface area contributed by atoms with E-state index < -0.39 is 0 Å². The van der Waals surface area contributed by atoms with Crippen molar-refractivity contribution >= 4 is 35.0 Å². The molecule has 1 aliphatic rings. The van der Waals surface area contributed by atoms with Crippen LogP contribution in [0.2, 0.25) is 5.02 Å². The van der Waals surface area contributed by atoms with Crippen molar-refractivity contribution in [1.82, 2.24) is 14.9 Å². The first-order valence-electron chi connectivity index (χ1n) is 9.73. The second kappa shape index (κ2) is 9.64. The molecule has 0 bridgehead atoms. The van der Waals surface area contributed by atoms with E-state index >= 15 is 0 Å². The molecule has 0 unspecified atom stereocenters. The van der Waals surface area contributed by atoms with E-state index in [0.717, 1.165) is 17.8 Å². The molecule has 160 valence electrons. The van der Waals surface area contributed by atoms with Gasteiger partial charge in [-0.1, -0.05) is 35.5 Å². The van der Waals surface area contributed by atoms with Crippen LogP contribution in [0.3, 0.4) is 0 Å². The second-order valence-electron chi connectivity index (χ2n) is 7.23. The highest BCUT2D eigenvalue weighted by Gasteiger charge is 2.21. The molecule has 1 aromatic heterocycles. The Morgan fingerprint density at radius 1 is 1.19 bits per heavy atom. The quantitative estimate of drug-likeness (QED) is 0.433. The van der Waals surface area contributed by atoms with Crippen LogP contribution in [0.25, 0.3) is 0 Å². The average Bonchev–Trinajstić information content (AvgIpc) is 2.76. The SMILES string of the molecule is O=C(CSc1nc2c(c(=O)[nH]1)CN(Cc1ccc(F)cc1)CC2)Nc1ccc(Cl)cc1. The van der Waals surface area contributed by atoms with Crippen LogP contribution < -0.4 is 10.9 Å². The number of carbonyl (C=O) groups excluding carboxylic acids is 1.